The summed E-state index contributed by atoms with van der Waals surface area (Å²) in [5, 5.41) is 13.2. The fraction of sp³-hybridized carbons (Fsp3) is 0.268. The number of Topliss-reactive ketones (excluding diaryl/α,β-unsaturated/α-hetero) is 2. The van der Waals surface area contributed by atoms with E-state index in [1.54, 1.807) is 25.4 Å². The Bertz CT molecular complexity index is 2260. The van der Waals surface area contributed by atoms with Gasteiger partial charge in [0.2, 0.25) is 5.88 Å². The number of pyridine rings is 2. The van der Waals surface area contributed by atoms with Crippen molar-refractivity contribution in [2.24, 2.45) is 4.99 Å². The number of ether oxygens (including phenoxy) is 1. The first-order valence-corrected chi connectivity index (χ1v) is 17.7. The number of carbonyl (C=O) groups is 3. The zero-order chi connectivity index (χ0) is 37.1. The second-order valence-corrected chi connectivity index (χ2v) is 13.3. The minimum Gasteiger partial charge on any atom is -0.508 e. The van der Waals surface area contributed by atoms with E-state index in [-0.39, 0.29) is 34.1 Å². The van der Waals surface area contributed by atoms with E-state index in [4.69, 9.17) is 21.3 Å². The van der Waals surface area contributed by atoms with E-state index < -0.39 is 11.7 Å². The number of carbonyl (C=O) groups excluding carboxylic acids is 3. The highest BCUT2D eigenvalue weighted by atomic mass is 35.5. The SMILES string of the molecule is CCCC1C(=O)C2=C(C(CC)=NC2C)c2nc(OC)ccc21.Cc1ccc(Cn2cc(C(=O)C(=O)Nc3ccncc3Cl)c3cc(O)ccc32)cc1. The van der Waals surface area contributed by atoms with E-state index in [9.17, 15) is 19.5 Å². The summed E-state index contributed by atoms with van der Waals surface area (Å²) in [6, 6.07) is 18.1. The van der Waals surface area contributed by atoms with Gasteiger partial charge in [-0.15, -0.1) is 0 Å². The molecule has 7 rings (SSSR count). The molecule has 0 fully saturated rings. The van der Waals surface area contributed by atoms with Crippen LogP contribution in [0.15, 0.2) is 89.8 Å². The van der Waals surface area contributed by atoms with Crippen LogP contribution in [-0.2, 0) is 16.1 Å². The number of aromatic nitrogens is 3. The number of nitrogens with zero attached hydrogens (tertiary/aromatic N) is 4. The van der Waals surface area contributed by atoms with Crippen molar-refractivity contribution in [3.8, 4) is 11.6 Å². The Labute approximate surface area is 307 Å². The maximum Gasteiger partial charge on any atom is 0.296 e. The molecule has 266 valence electrons. The van der Waals surface area contributed by atoms with Crippen LogP contribution >= 0.6 is 11.6 Å². The third-order valence-corrected chi connectivity index (χ3v) is 9.65. The van der Waals surface area contributed by atoms with E-state index in [1.165, 1.54) is 24.5 Å². The summed E-state index contributed by atoms with van der Waals surface area (Å²) in [5.74, 6) is -0.795. The van der Waals surface area contributed by atoms with E-state index in [0.29, 0.717) is 23.5 Å². The Morgan fingerprint density at radius 2 is 1.83 bits per heavy atom. The van der Waals surface area contributed by atoms with Crippen LogP contribution in [0, 0.1) is 6.92 Å². The topological polar surface area (TPSA) is 136 Å². The molecular formula is C41H40ClN5O5. The van der Waals surface area contributed by atoms with Gasteiger partial charge < -0.3 is 19.7 Å². The summed E-state index contributed by atoms with van der Waals surface area (Å²) in [6.45, 7) is 8.72. The highest BCUT2D eigenvalue weighted by Gasteiger charge is 2.41. The summed E-state index contributed by atoms with van der Waals surface area (Å²) in [7, 11) is 1.62. The molecule has 0 saturated heterocycles. The van der Waals surface area contributed by atoms with Crippen molar-refractivity contribution in [3.63, 3.8) is 0 Å². The van der Waals surface area contributed by atoms with Crippen molar-refractivity contribution in [1.82, 2.24) is 14.5 Å². The number of aliphatic imine (C=N–C) groups is 1. The number of allylic oxidation sites excluding steroid dienone is 1. The molecule has 0 radical (unpaired) electrons. The molecule has 52 heavy (non-hydrogen) atoms. The number of nitrogens with one attached hydrogen (secondary N) is 1. The van der Waals surface area contributed by atoms with Gasteiger partial charge in [0.05, 0.1) is 35.1 Å². The number of rotatable bonds is 9. The van der Waals surface area contributed by atoms with Crippen molar-refractivity contribution in [3.05, 3.63) is 118 Å². The minimum absolute atomic E-state index is 0.0159. The fourth-order valence-electron chi connectivity index (χ4n) is 6.80. The van der Waals surface area contributed by atoms with Gasteiger partial charge in [0.15, 0.2) is 5.78 Å². The Morgan fingerprint density at radius 3 is 2.52 bits per heavy atom. The molecule has 0 spiro atoms. The Kier molecular flexibility index (Phi) is 10.7. The minimum atomic E-state index is -0.819. The van der Waals surface area contributed by atoms with Gasteiger partial charge >= 0.3 is 0 Å². The Hall–Kier alpha value is -5.61. The van der Waals surface area contributed by atoms with Gasteiger partial charge in [-0.05, 0) is 62.1 Å². The Balaban J connectivity index is 0.000000187. The molecule has 10 nitrogen and oxygen atoms in total. The first-order chi connectivity index (χ1) is 25.0. The summed E-state index contributed by atoms with van der Waals surface area (Å²) in [4.78, 5) is 51.7. The van der Waals surface area contributed by atoms with Gasteiger partial charge in [-0.2, -0.15) is 0 Å². The molecule has 1 aliphatic heterocycles. The second kappa shape index (κ2) is 15.3. The van der Waals surface area contributed by atoms with E-state index >= 15 is 0 Å². The predicted molar refractivity (Wildman–Crippen MR) is 204 cm³/mol. The number of phenols is 1. The van der Waals surface area contributed by atoms with Gasteiger partial charge in [-0.1, -0.05) is 67.8 Å². The second-order valence-electron chi connectivity index (χ2n) is 12.9. The molecule has 11 heteroatoms. The van der Waals surface area contributed by atoms with Crippen LogP contribution in [-0.4, -0.2) is 56.0 Å². The zero-order valence-electron chi connectivity index (χ0n) is 29.7. The monoisotopic (exact) mass is 717 g/mol. The molecular weight excluding hydrogens is 678 g/mol. The smallest absolute Gasteiger partial charge is 0.296 e. The average molecular weight is 718 g/mol. The number of aromatic hydroxyl groups is 1. The van der Waals surface area contributed by atoms with E-state index in [1.807, 2.05) is 54.8 Å². The van der Waals surface area contributed by atoms with Gasteiger partial charge in [0, 0.05) is 64.9 Å². The average Bonchev–Trinajstić information content (AvgIpc) is 3.68. The largest absolute Gasteiger partial charge is 0.508 e. The summed E-state index contributed by atoms with van der Waals surface area (Å²) in [6.07, 6.45) is 7.13. The number of halogens is 1. The van der Waals surface area contributed by atoms with Crippen LogP contribution in [0.25, 0.3) is 16.5 Å². The predicted octanol–water partition coefficient (Wildman–Crippen LogP) is 8.14. The zero-order valence-corrected chi connectivity index (χ0v) is 30.5. The molecule has 0 saturated carbocycles. The van der Waals surface area contributed by atoms with Crippen LogP contribution < -0.4 is 10.1 Å². The molecule has 3 aromatic heterocycles. The quantitative estimate of drug-likeness (QED) is 0.116. The number of anilines is 1. The number of hydrogen-bond donors (Lipinski definition) is 2. The van der Waals surface area contributed by atoms with Crippen LogP contribution in [0.5, 0.6) is 11.6 Å². The highest BCUT2D eigenvalue weighted by molar-refractivity contribution is 6.49. The normalized spacial score (nSPS) is 16.1. The van der Waals surface area contributed by atoms with Crippen molar-refractivity contribution in [1.29, 1.82) is 0 Å². The van der Waals surface area contributed by atoms with E-state index in [2.05, 4.69) is 29.1 Å². The van der Waals surface area contributed by atoms with Crippen LogP contribution in [0.3, 0.4) is 0 Å². The van der Waals surface area contributed by atoms with E-state index in [0.717, 1.165) is 64.0 Å². The maximum atomic E-state index is 13.0. The fourth-order valence-corrected chi connectivity index (χ4v) is 6.97. The number of phenolic OH excluding ortho intramolecular Hbond substituents is 1. The number of amides is 1. The summed E-state index contributed by atoms with van der Waals surface area (Å²) < 4.78 is 7.18. The van der Waals surface area contributed by atoms with Crippen molar-refractivity contribution >= 4 is 56.9 Å². The van der Waals surface area contributed by atoms with Gasteiger partial charge in [0.1, 0.15) is 5.75 Å². The molecule has 2 aliphatic rings. The Morgan fingerprint density at radius 1 is 1.06 bits per heavy atom. The third-order valence-electron chi connectivity index (χ3n) is 9.35. The standard InChI is InChI=1S/C23H18ClN3O3.C18H22N2O2/c1-14-2-4-15(5-3-14)12-27-13-18(17-10-16(28)6-7-21(17)27)22(29)23(30)26-20-8-9-25-11-19(20)24;1-5-7-12-11-8-9-14(22-4)20-17(11)16-13(6-2)19-10(3)15(16)18(12)21/h2-11,13,28H,12H2,1H3,(H,25,26,30);8-10,12H,5-7H2,1-4H3. The van der Waals surface area contributed by atoms with Crippen molar-refractivity contribution in [2.75, 3.05) is 12.4 Å². The molecule has 2 N–H and O–H groups in total. The number of methoxy groups -OCH3 is 1. The maximum absolute atomic E-state index is 13.0. The van der Waals surface area contributed by atoms with Crippen molar-refractivity contribution < 1.29 is 24.2 Å². The lowest BCUT2D eigenvalue weighted by molar-refractivity contribution is -0.117. The number of ketones is 2. The number of benzene rings is 2. The lowest BCUT2D eigenvalue weighted by atomic mass is 9.76. The van der Waals surface area contributed by atoms with Gasteiger partial charge in [-0.3, -0.25) is 24.4 Å². The first-order valence-electron chi connectivity index (χ1n) is 17.3. The van der Waals surface area contributed by atoms with Crippen LogP contribution in [0.2, 0.25) is 5.02 Å². The van der Waals surface area contributed by atoms with Crippen molar-refractivity contribution in [2.45, 2.75) is 65.5 Å². The molecule has 1 amide bonds. The summed E-state index contributed by atoms with van der Waals surface area (Å²) in [5.41, 5.74) is 8.19. The number of hydrogen-bond acceptors (Lipinski definition) is 8. The molecule has 4 heterocycles. The molecule has 2 atom stereocenters. The number of fused-ring (bicyclic) bond motifs is 3. The molecule has 2 aromatic carbocycles. The molecule has 0 bridgehead atoms. The molecule has 2 unspecified atom stereocenters. The van der Waals surface area contributed by atoms with Crippen LogP contribution in [0.4, 0.5) is 5.69 Å². The number of aryl methyl sites for hydroxylation is 1. The summed E-state index contributed by atoms with van der Waals surface area (Å²) >= 11 is 6.01. The lowest BCUT2D eigenvalue weighted by Gasteiger charge is -2.26. The highest BCUT2D eigenvalue weighted by Crippen LogP contribution is 2.44. The third kappa shape index (κ3) is 7.11. The van der Waals surface area contributed by atoms with Crippen LogP contribution in [0.1, 0.15) is 78.7 Å². The molecule has 1 aliphatic carbocycles. The first kappa shape index (κ1) is 36.2. The van der Waals surface area contributed by atoms with Gasteiger partial charge in [0.25, 0.3) is 11.7 Å². The molecule has 5 aromatic rings. The lowest BCUT2D eigenvalue weighted by Crippen LogP contribution is -2.26. The van der Waals surface area contributed by atoms with Gasteiger partial charge in [-0.25, -0.2) is 4.98 Å².